The topological polar surface area (TPSA) is 33.2 Å². The summed E-state index contributed by atoms with van der Waals surface area (Å²) in [6, 6.07) is 0.227. The van der Waals surface area contributed by atoms with Crippen LogP contribution in [0.4, 0.5) is 0 Å². The summed E-state index contributed by atoms with van der Waals surface area (Å²) in [5.74, 6) is 0.0823. The van der Waals surface area contributed by atoms with Crippen molar-refractivity contribution in [3.05, 3.63) is 16.6 Å². The summed E-state index contributed by atoms with van der Waals surface area (Å²) in [5, 5.41) is 4.09. The van der Waals surface area contributed by atoms with Crippen molar-refractivity contribution in [1.82, 2.24) is 9.79 Å². The van der Waals surface area contributed by atoms with Gasteiger partial charge in [-0.05, 0) is 19.3 Å². The summed E-state index contributed by atoms with van der Waals surface area (Å²) < 4.78 is 0. The van der Waals surface area contributed by atoms with Gasteiger partial charge in [0.05, 0.1) is 0 Å². The van der Waals surface area contributed by atoms with E-state index < -0.39 is 0 Å². The van der Waals surface area contributed by atoms with Crippen LogP contribution < -0.4 is 0 Å². The standard InChI is InChI=1S/C11H14BN2OS.Y/c12-14-9(4-2-6-11(14)15)3-1-5-10-13-7-8-16-10;/h7,9H,1-6H2;/q-1;. The van der Waals surface area contributed by atoms with E-state index in [0.29, 0.717) is 6.42 Å². The van der Waals surface area contributed by atoms with Crippen molar-refractivity contribution < 1.29 is 37.5 Å². The monoisotopic (exact) mass is 322 g/mol. The third kappa shape index (κ3) is 4.45. The minimum absolute atomic E-state index is 0. The number of nitrogens with zero attached hydrogens (tertiary/aromatic N) is 2. The first-order valence-corrected chi connectivity index (χ1v) is 6.46. The Morgan fingerprint density at radius 1 is 1.65 bits per heavy atom. The second-order valence-electron chi connectivity index (χ2n) is 4.11. The quantitative estimate of drug-likeness (QED) is 0.625. The SMILES string of the molecule is [B]N1C(=O)CCCC1CCCc1nc[c-]s1.[Y]. The number of rotatable bonds is 4. The third-order valence-corrected chi connectivity index (χ3v) is 3.74. The number of carbonyl (C=O) groups is 1. The van der Waals surface area contributed by atoms with E-state index in [1.807, 2.05) is 0 Å². The molecule has 1 atom stereocenters. The Kier molecular flexibility index (Phi) is 6.90. The minimum atomic E-state index is 0. The van der Waals surface area contributed by atoms with Gasteiger partial charge in [-0.15, -0.1) is 0 Å². The zero-order valence-electron chi connectivity index (χ0n) is 9.76. The van der Waals surface area contributed by atoms with Crippen molar-refractivity contribution in [2.45, 2.75) is 44.6 Å². The van der Waals surface area contributed by atoms with Crippen molar-refractivity contribution >= 4 is 25.2 Å². The zero-order chi connectivity index (χ0) is 11.4. The fourth-order valence-electron chi connectivity index (χ4n) is 2.07. The Bertz CT molecular complexity index is 347. The first kappa shape index (κ1) is 15.3. The summed E-state index contributed by atoms with van der Waals surface area (Å²) in [6.45, 7) is 0. The Hall–Kier alpha value is 0.269. The fourth-order valence-corrected chi connectivity index (χ4v) is 2.66. The maximum Gasteiger partial charge on any atom is 0.230 e. The minimum Gasteiger partial charge on any atom is -0.394 e. The average molecular weight is 322 g/mol. The molecule has 2 heterocycles. The van der Waals surface area contributed by atoms with Crippen LogP contribution >= 0.6 is 11.3 Å². The number of hydrogen-bond acceptors (Lipinski definition) is 3. The summed E-state index contributed by atoms with van der Waals surface area (Å²) in [7, 11) is 5.75. The van der Waals surface area contributed by atoms with E-state index in [9.17, 15) is 4.79 Å². The van der Waals surface area contributed by atoms with Crippen LogP contribution in [0.25, 0.3) is 0 Å². The second kappa shape index (κ2) is 7.65. The van der Waals surface area contributed by atoms with Crippen molar-refractivity contribution in [2.24, 2.45) is 0 Å². The number of thiazole rings is 1. The molecule has 6 heteroatoms. The molecule has 1 aromatic heterocycles. The van der Waals surface area contributed by atoms with Gasteiger partial charge in [-0.2, -0.15) is 5.38 Å². The van der Waals surface area contributed by atoms with E-state index in [-0.39, 0.29) is 44.7 Å². The molecule has 1 aromatic rings. The summed E-state index contributed by atoms with van der Waals surface area (Å²) in [4.78, 5) is 17.0. The van der Waals surface area contributed by atoms with E-state index in [4.69, 9.17) is 7.98 Å². The van der Waals surface area contributed by atoms with E-state index in [2.05, 4.69) is 10.4 Å². The number of hydrogen-bond donors (Lipinski definition) is 0. The molecule has 2 rings (SSSR count). The zero-order valence-corrected chi connectivity index (χ0v) is 13.4. The fraction of sp³-hybridized carbons (Fsp3) is 0.636. The van der Waals surface area contributed by atoms with Gasteiger partial charge in [0.2, 0.25) is 13.9 Å². The molecule has 17 heavy (non-hydrogen) atoms. The van der Waals surface area contributed by atoms with Gasteiger partial charge < -0.3 is 21.1 Å². The van der Waals surface area contributed by atoms with E-state index in [0.717, 1.165) is 37.1 Å². The van der Waals surface area contributed by atoms with Gasteiger partial charge in [-0.3, -0.25) is 4.79 Å². The smallest absolute Gasteiger partial charge is 0.230 e. The number of aromatic nitrogens is 1. The molecule has 1 aliphatic rings. The first-order chi connectivity index (χ1) is 7.77. The van der Waals surface area contributed by atoms with Crippen molar-refractivity contribution in [3.8, 4) is 0 Å². The Balaban J connectivity index is 0.00000144. The molecule has 3 nitrogen and oxygen atoms in total. The molecule has 0 bridgehead atoms. The second-order valence-corrected chi connectivity index (χ2v) is 5.02. The maximum atomic E-state index is 11.4. The third-order valence-electron chi connectivity index (χ3n) is 2.98. The Morgan fingerprint density at radius 3 is 3.18 bits per heavy atom. The molecule has 0 N–H and O–H groups in total. The number of carbonyl (C=O) groups excluding carboxylic acids is 1. The summed E-state index contributed by atoms with van der Waals surface area (Å²) in [6.07, 6.45) is 7.30. The molecular weight excluding hydrogens is 308 g/mol. The summed E-state index contributed by atoms with van der Waals surface area (Å²) in [5.41, 5.74) is 0. The largest absolute Gasteiger partial charge is 0.394 e. The van der Waals surface area contributed by atoms with Crippen LogP contribution in [0.5, 0.6) is 0 Å². The van der Waals surface area contributed by atoms with Crippen LogP contribution in [-0.2, 0) is 43.9 Å². The number of amides is 1. The van der Waals surface area contributed by atoms with Crippen LogP contribution in [0, 0.1) is 5.38 Å². The molecular formula is C11H14BN2OSY-. The maximum absolute atomic E-state index is 11.4. The van der Waals surface area contributed by atoms with Gasteiger partial charge in [0.15, 0.2) is 0 Å². The van der Waals surface area contributed by atoms with E-state index in [1.54, 1.807) is 17.5 Å². The molecule has 1 saturated heterocycles. The van der Waals surface area contributed by atoms with Crippen molar-refractivity contribution in [2.75, 3.05) is 0 Å². The molecule has 1 amide bonds. The molecule has 3 radical (unpaired) electrons. The predicted octanol–water partition coefficient (Wildman–Crippen LogP) is 1.73. The van der Waals surface area contributed by atoms with Crippen LogP contribution in [-0.4, -0.2) is 29.7 Å². The van der Waals surface area contributed by atoms with Crippen LogP contribution in [0.2, 0.25) is 0 Å². The van der Waals surface area contributed by atoms with Gasteiger partial charge >= 0.3 is 0 Å². The Morgan fingerprint density at radius 2 is 2.47 bits per heavy atom. The van der Waals surface area contributed by atoms with Gasteiger partial charge in [0.25, 0.3) is 0 Å². The van der Waals surface area contributed by atoms with Gasteiger partial charge in [-0.1, -0.05) is 24.0 Å². The van der Waals surface area contributed by atoms with Crippen LogP contribution in [0.15, 0.2) is 6.20 Å². The van der Waals surface area contributed by atoms with E-state index in [1.165, 1.54) is 4.81 Å². The molecule has 0 spiro atoms. The molecule has 0 saturated carbocycles. The molecule has 1 fully saturated rings. The number of piperidine rings is 1. The normalized spacial score (nSPS) is 20.1. The molecule has 0 aromatic carbocycles. The van der Waals surface area contributed by atoms with Gasteiger partial charge in [0, 0.05) is 45.2 Å². The van der Waals surface area contributed by atoms with E-state index >= 15 is 0 Å². The molecule has 87 valence electrons. The average Bonchev–Trinajstić information content (AvgIpc) is 2.77. The van der Waals surface area contributed by atoms with Gasteiger partial charge in [0.1, 0.15) is 0 Å². The van der Waals surface area contributed by atoms with Crippen LogP contribution in [0.1, 0.15) is 37.1 Å². The molecule has 0 aliphatic carbocycles. The summed E-state index contributed by atoms with van der Waals surface area (Å²) >= 11 is 1.56. The van der Waals surface area contributed by atoms with Crippen molar-refractivity contribution in [3.63, 3.8) is 0 Å². The first-order valence-electron chi connectivity index (χ1n) is 5.65. The molecule has 1 unspecified atom stereocenters. The Labute approximate surface area is 133 Å². The number of aryl methyl sites for hydroxylation is 1. The van der Waals surface area contributed by atoms with Crippen molar-refractivity contribution in [1.29, 1.82) is 0 Å². The molecule has 1 aliphatic heterocycles. The predicted molar refractivity (Wildman–Crippen MR) is 64.1 cm³/mol. The van der Waals surface area contributed by atoms with Gasteiger partial charge in [-0.25, -0.2) is 0 Å². The van der Waals surface area contributed by atoms with Crippen LogP contribution in [0.3, 0.4) is 0 Å².